The smallest absolute Gasteiger partial charge is 0.0960 e. The summed E-state index contributed by atoms with van der Waals surface area (Å²) in [5, 5.41) is 3.85. The van der Waals surface area contributed by atoms with Crippen molar-refractivity contribution in [2.24, 2.45) is 23.2 Å². The lowest BCUT2D eigenvalue weighted by molar-refractivity contribution is -0.0739. The summed E-state index contributed by atoms with van der Waals surface area (Å²) in [6.45, 7) is 5.45. The second-order valence-corrected chi connectivity index (χ2v) is 9.56. The zero-order chi connectivity index (χ0) is 14.6. The SMILES string of the molecule is CCNC(c1cc(C)c(Cl)s1)C12CC3CC(CC(C3)C1)C2. The van der Waals surface area contributed by atoms with Gasteiger partial charge in [0.05, 0.1) is 4.34 Å². The van der Waals surface area contributed by atoms with Crippen LogP contribution in [-0.4, -0.2) is 6.54 Å². The highest BCUT2D eigenvalue weighted by Crippen LogP contribution is 2.64. The molecule has 4 bridgehead atoms. The van der Waals surface area contributed by atoms with Crippen molar-refractivity contribution in [2.75, 3.05) is 6.54 Å². The standard InChI is InChI=1S/C18H26ClNS/c1-3-20-16(15-4-11(2)17(19)21-15)18-8-12-5-13(9-18)7-14(6-12)10-18/h4,12-14,16,20H,3,5-10H2,1-2H3. The molecule has 1 aromatic rings. The number of halogens is 1. The summed E-state index contributed by atoms with van der Waals surface area (Å²) in [5.41, 5.74) is 1.77. The summed E-state index contributed by atoms with van der Waals surface area (Å²) < 4.78 is 0.984. The normalized spacial score (nSPS) is 38.9. The number of rotatable bonds is 4. The van der Waals surface area contributed by atoms with Crippen LogP contribution in [0.2, 0.25) is 4.34 Å². The van der Waals surface area contributed by atoms with Crippen molar-refractivity contribution in [3.8, 4) is 0 Å². The van der Waals surface area contributed by atoms with Crippen molar-refractivity contribution in [1.29, 1.82) is 0 Å². The van der Waals surface area contributed by atoms with Crippen molar-refractivity contribution >= 4 is 22.9 Å². The first-order chi connectivity index (χ1) is 10.1. The Labute approximate surface area is 137 Å². The molecule has 1 heterocycles. The molecule has 21 heavy (non-hydrogen) atoms. The van der Waals surface area contributed by atoms with E-state index in [2.05, 4.69) is 25.2 Å². The van der Waals surface area contributed by atoms with E-state index in [1.54, 1.807) is 0 Å². The summed E-state index contributed by atoms with van der Waals surface area (Å²) in [7, 11) is 0. The zero-order valence-corrected chi connectivity index (χ0v) is 14.7. The molecule has 4 aliphatic rings. The van der Waals surface area contributed by atoms with Crippen LogP contribution in [0.1, 0.15) is 61.9 Å². The molecule has 0 spiro atoms. The second-order valence-electron chi connectivity index (χ2n) is 7.88. The van der Waals surface area contributed by atoms with E-state index >= 15 is 0 Å². The molecule has 4 fully saturated rings. The van der Waals surface area contributed by atoms with Gasteiger partial charge in [-0.05, 0) is 86.8 Å². The average Bonchev–Trinajstić information content (AvgIpc) is 2.74. The molecular formula is C18H26ClNS. The summed E-state index contributed by atoms with van der Waals surface area (Å²) in [4.78, 5) is 1.49. The molecule has 1 aromatic heterocycles. The molecule has 0 aromatic carbocycles. The van der Waals surface area contributed by atoms with E-state index < -0.39 is 0 Å². The molecule has 1 unspecified atom stereocenters. The summed E-state index contributed by atoms with van der Waals surface area (Å²) >= 11 is 8.19. The van der Waals surface area contributed by atoms with Crippen LogP contribution in [-0.2, 0) is 0 Å². The quantitative estimate of drug-likeness (QED) is 0.763. The third kappa shape index (κ3) is 2.38. The number of hydrogen-bond donors (Lipinski definition) is 1. The molecule has 0 radical (unpaired) electrons. The summed E-state index contributed by atoms with van der Waals surface area (Å²) in [6, 6.07) is 2.88. The minimum Gasteiger partial charge on any atom is -0.309 e. The monoisotopic (exact) mass is 323 g/mol. The van der Waals surface area contributed by atoms with Crippen LogP contribution in [0.3, 0.4) is 0 Å². The van der Waals surface area contributed by atoms with Gasteiger partial charge in [-0.3, -0.25) is 0 Å². The Morgan fingerprint density at radius 2 is 1.81 bits per heavy atom. The van der Waals surface area contributed by atoms with Gasteiger partial charge in [-0.15, -0.1) is 11.3 Å². The van der Waals surface area contributed by atoms with Gasteiger partial charge in [0.25, 0.3) is 0 Å². The fourth-order valence-corrected chi connectivity index (χ4v) is 7.42. The number of hydrogen-bond acceptors (Lipinski definition) is 2. The van der Waals surface area contributed by atoms with Gasteiger partial charge in [0, 0.05) is 10.9 Å². The Bertz CT molecular complexity index is 481. The minimum absolute atomic E-state index is 0.519. The van der Waals surface area contributed by atoms with Crippen molar-refractivity contribution in [3.05, 3.63) is 20.8 Å². The molecule has 0 saturated heterocycles. The third-order valence-corrected chi connectivity index (χ3v) is 7.89. The van der Waals surface area contributed by atoms with E-state index in [1.807, 2.05) is 11.3 Å². The Hall–Kier alpha value is -0.0500. The van der Waals surface area contributed by atoms with Crippen molar-refractivity contribution in [1.82, 2.24) is 5.32 Å². The Morgan fingerprint density at radius 3 is 2.24 bits per heavy atom. The number of thiophene rings is 1. The van der Waals surface area contributed by atoms with Gasteiger partial charge in [-0.1, -0.05) is 18.5 Å². The first kappa shape index (κ1) is 14.5. The van der Waals surface area contributed by atoms with Gasteiger partial charge >= 0.3 is 0 Å². The van der Waals surface area contributed by atoms with Gasteiger partial charge in [0.1, 0.15) is 0 Å². The first-order valence-electron chi connectivity index (χ1n) is 8.59. The summed E-state index contributed by atoms with van der Waals surface area (Å²) in [6.07, 6.45) is 8.90. The maximum atomic E-state index is 6.37. The molecule has 4 aliphatic carbocycles. The van der Waals surface area contributed by atoms with E-state index in [0.717, 1.165) is 28.6 Å². The molecule has 0 aliphatic heterocycles. The predicted octanol–water partition coefficient (Wildman–Crippen LogP) is 5.58. The Balaban J connectivity index is 1.70. The van der Waals surface area contributed by atoms with Crippen LogP contribution >= 0.6 is 22.9 Å². The van der Waals surface area contributed by atoms with Crippen LogP contribution in [0.25, 0.3) is 0 Å². The van der Waals surface area contributed by atoms with Crippen LogP contribution in [0.4, 0.5) is 0 Å². The highest BCUT2D eigenvalue weighted by Gasteiger charge is 2.54. The number of aryl methyl sites for hydroxylation is 1. The van der Waals surface area contributed by atoms with Crippen LogP contribution in [0.15, 0.2) is 6.07 Å². The van der Waals surface area contributed by atoms with Gasteiger partial charge < -0.3 is 5.32 Å². The van der Waals surface area contributed by atoms with Crippen molar-refractivity contribution in [3.63, 3.8) is 0 Å². The van der Waals surface area contributed by atoms with Crippen molar-refractivity contribution < 1.29 is 0 Å². The van der Waals surface area contributed by atoms with Gasteiger partial charge in [0.15, 0.2) is 0 Å². The molecule has 3 heteroatoms. The van der Waals surface area contributed by atoms with Crippen molar-refractivity contribution in [2.45, 2.75) is 58.4 Å². The van der Waals surface area contributed by atoms with Crippen LogP contribution in [0.5, 0.6) is 0 Å². The van der Waals surface area contributed by atoms with E-state index in [-0.39, 0.29) is 0 Å². The fourth-order valence-electron chi connectivity index (χ4n) is 5.98. The first-order valence-corrected chi connectivity index (χ1v) is 9.78. The molecule has 116 valence electrons. The van der Waals surface area contributed by atoms with Gasteiger partial charge in [-0.2, -0.15) is 0 Å². The Morgan fingerprint density at radius 1 is 1.24 bits per heavy atom. The highest BCUT2D eigenvalue weighted by molar-refractivity contribution is 7.16. The molecule has 1 atom stereocenters. The topological polar surface area (TPSA) is 12.0 Å². The average molecular weight is 324 g/mol. The van der Waals surface area contributed by atoms with Gasteiger partial charge in [0.2, 0.25) is 0 Å². The highest BCUT2D eigenvalue weighted by atomic mass is 35.5. The maximum Gasteiger partial charge on any atom is 0.0960 e. The van der Waals surface area contributed by atoms with E-state index in [4.69, 9.17) is 11.6 Å². The summed E-state index contributed by atoms with van der Waals surface area (Å²) in [5.74, 6) is 3.02. The second kappa shape index (κ2) is 5.25. The molecule has 4 saturated carbocycles. The maximum absolute atomic E-state index is 6.37. The molecule has 1 nitrogen and oxygen atoms in total. The van der Waals surface area contributed by atoms with E-state index in [0.29, 0.717) is 11.5 Å². The zero-order valence-electron chi connectivity index (χ0n) is 13.1. The van der Waals surface area contributed by atoms with Crippen LogP contribution in [0, 0.1) is 30.1 Å². The van der Waals surface area contributed by atoms with Crippen LogP contribution < -0.4 is 5.32 Å². The predicted molar refractivity (Wildman–Crippen MR) is 91.1 cm³/mol. The molecular weight excluding hydrogens is 298 g/mol. The minimum atomic E-state index is 0.519. The largest absolute Gasteiger partial charge is 0.309 e. The molecule has 1 N–H and O–H groups in total. The third-order valence-electron chi connectivity index (χ3n) is 6.27. The van der Waals surface area contributed by atoms with Gasteiger partial charge in [-0.25, -0.2) is 0 Å². The molecule has 5 rings (SSSR count). The number of nitrogens with one attached hydrogen (secondary N) is 1. The molecule has 0 amide bonds. The van der Waals surface area contributed by atoms with E-state index in [1.165, 1.54) is 49.0 Å². The lowest BCUT2D eigenvalue weighted by Gasteiger charge is -2.59. The fraction of sp³-hybridized carbons (Fsp3) is 0.778. The lowest BCUT2D eigenvalue weighted by Crippen LogP contribution is -2.51. The lowest BCUT2D eigenvalue weighted by atomic mass is 9.47. The Kier molecular flexibility index (Phi) is 3.63. The van der Waals surface area contributed by atoms with E-state index in [9.17, 15) is 0 Å².